The van der Waals surface area contributed by atoms with Crippen LogP contribution in [0.1, 0.15) is 5.56 Å². The van der Waals surface area contributed by atoms with Gasteiger partial charge in [0.05, 0.1) is 13.2 Å². The van der Waals surface area contributed by atoms with Gasteiger partial charge in [0.2, 0.25) is 6.29 Å². The van der Waals surface area contributed by atoms with Crippen LogP contribution in [0, 0.1) is 0 Å². The molecule has 1 aromatic rings. The molecule has 0 aromatic heterocycles. The van der Waals surface area contributed by atoms with Crippen molar-refractivity contribution in [2.24, 2.45) is 0 Å². The van der Waals surface area contributed by atoms with Crippen molar-refractivity contribution in [3.8, 4) is 5.75 Å². The monoisotopic (exact) mass is 414 g/mol. The smallest absolute Gasteiger partial charge is 0.229 e. The second-order valence-corrected chi connectivity index (χ2v) is 6.99. The average Bonchev–Trinajstić information content (AvgIpc) is 2.73. The van der Waals surface area contributed by atoms with Crippen molar-refractivity contribution in [2.45, 2.75) is 55.3 Å². The molecule has 0 spiro atoms. The van der Waals surface area contributed by atoms with Gasteiger partial charge in [0.1, 0.15) is 48.5 Å². The molecule has 2 aliphatic heterocycles. The van der Waals surface area contributed by atoms with Gasteiger partial charge in [-0.15, -0.1) is 0 Å². The summed E-state index contributed by atoms with van der Waals surface area (Å²) in [5.41, 5.74) is 0.863. The van der Waals surface area contributed by atoms with Gasteiger partial charge in [-0.3, -0.25) is 0 Å². The van der Waals surface area contributed by atoms with Crippen LogP contribution in [0.25, 0.3) is 6.08 Å². The van der Waals surface area contributed by atoms with Gasteiger partial charge >= 0.3 is 0 Å². The Morgan fingerprint density at radius 3 is 2.21 bits per heavy atom. The topological polar surface area (TPSA) is 158 Å². The van der Waals surface area contributed by atoms with Crippen LogP contribution >= 0.6 is 0 Å². The van der Waals surface area contributed by atoms with Crippen molar-refractivity contribution >= 4 is 6.08 Å². The minimum atomic E-state index is -1.57. The van der Waals surface area contributed by atoms with Crippen molar-refractivity contribution in [3.63, 3.8) is 0 Å². The first-order chi connectivity index (χ1) is 13.8. The summed E-state index contributed by atoms with van der Waals surface area (Å²) in [5.74, 6) is 0.367. The molecule has 29 heavy (non-hydrogen) atoms. The second kappa shape index (κ2) is 9.47. The molecule has 2 fully saturated rings. The molecule has 162 valence electrons. The van der Waals surface area contributed by atoms with E-state index in [2.05, 4.69) is 6.58 Å². The van der Waals surface area contributed by atoms with E-state index in [0.717, 1.165) is 5.56 Å². The number of aliphatic hydroxyl groups excluding tert-OH is 6. The Balaban J connectivity index is 1.61. The van der Waals surface area contributed by atoms with Crippen molar-refractivity contribution in [2.75, 3.05) is 13.2 Å². The third kappa shape index (κ3) is 4.94. The third-order valence-corrected chi connectivity index (χ3v) is 4.92. The Bertz CT molecular complexity index is 667. The first kappa shape index (κ1) is 22.1. The summed E-state index contributed by atoms with van der Waals surface area (Å²) in [5, 5.41) is 59.5. The Morgan fingerprint density at radius 1 is 0.897 bits per heavy atom. The Labute approximate surface area is 167 Å². The fourth-order valence-electron chi connectivity index (χ4n) is 3.08. The highest BCUT2D eigenvalue weighted by atomic mass is 16.7. The Kier molecular flexibility index (Phi) is 7.22. The van der Waals surface area contributed by atoms with E-state index < -0.39 is 55.3 Å². The number of ether oxygens (including phenoxy) is 4. The highest BCUT2D eigenvalue weighted by Crippen LogP contribution is 2.26. The number of hydrogen-bond donors (Lipinski definition) is 6. The van der Waals surface area contributed by atoms with Gasteiger partial charge in [0, 0.05) is 0 Å². The molecule has 0 bridgehead atoms. The number of benzene rings is 1. The zero-order chi connectivity index (χ0) is 21.1. The molecule has 10 nitrogen and oxygen atoms in total. The van der Waals surface area contributed by atoms with E-state index in [9.17, 15) is 30.6 Å². The van der Waals surface area contributed by atoms with Gasteiger partial charge in [-0.2, -0.15) is 0 Å². The fraction of sp³-hybridized carbons (Fsp3) is 0.579. The maximum Gasteiger partial charge on any atom is 0.229 e. The van der Waals surface area contributed by atoms with E-state index in [0.29, 0.717) is 5.75 Å². The molecule has 0 saturated carbocycles. The molecule has 9 atom stereocenters. The van der Waals surface area contributed by atoms with Gasteiger partial charge < -0.3 is 49.6 Å². The maximum absolute atomic E-state index is 10.2. The molecule has 2 heterocycles. The molecule has 10 heteroatoms. The van der Waals surface area contributed by atoms with Crippen LogP contribution in [0.2, 0.25) is 0 Å². The number of hydrogen-bond acceptors (Lipinski definition) is 10. The predicted molar refractivity (Wildman–Crippen MR) is 97.6 cm³/mol. The highest BCUT2D eigenvalue weighted by Gasteiger charge is 2.46. The summed E-state index contributed by atoms with van der Waals surface area (Å²) in [4.78, 5) is 0. The van der Waals surface area contributed by atoms with Crippen LogP contribution in [0.5, 0.6) is 5.75 Å². The lowest BCUT2D eigenvalue weighted by Gasteiger charge is -2.41. The maximum atomic E-state index is 10.2. The van der Waals surface area contributed by atoms with Crippen molar-refractivity contribution < 1.29 is 49.6 Å². The molecule has 6 N–H and O–H groups in total. The van der Waals surface area contributed by atoms with Crippen molar-refractivity contribution in [1.82, 2.24) is 0 Å². The van der Waals surface area contributed by atoms with Crippen LogP contribution in [0.3, 0.4) is 0 Å². The third-order valence-electron chi connectivity index (χ3n) is 4.92. The van der Waals surface area contributed by atoms with Crippen LogP contribution in [0.15, 0.2) is 30.8 Å². The number of aliphatic hydroxyl groups is 6. The van der Waals surface area contributed by atoms with Crippen LogP contribution in [-0.2, 0) is 14.2 Å². The van der Waals surface area contributed by atoms with Crippen molar-refractivity contribution in [3.05, 3.63) is 36.4 Å². The molecular formula is C19H26O10. The van der Waals surface area contributed by atoms with Crippen LogP contribution < -0.4 is 4.74 Å². The Hall–Kier alpha value is -1.60. The lowest BCUT2D eigenvalue weighted by Crippen LogP contribution is -2.61. The molecule has 2 aliphatic rings. The SMILES string of the molecule is C=Cc1ccc(O[C@@H]2O[C@H](CO[C@@H]3OC[C@H](O)[C@H](O)[C@H]3O)[C@@H](O)[C@H](O)[C@H]2O)cc1. The predicted octanol–water partition coefficient (Wildman–Crippen LogP) is -2.03. The Morgan fingerprint density at radius 2 is 1.55 bits per heavy atom. The fourth-order valence-corrected chi connectivity index (χ4v) is 3.08. The summed E-state index contributed by atoms with van der Waals surface area (Å²) < 4.78 is 21.6. The lowest BCUT2D eigenvalue weighted by molar-refractivity contribution is -0.307. The van der Waals surface area contributed by atoms with E-state index in [4.69, 9.17) is 18.9 Å². The normalized spacial score (nSPS) is 40.4. The largest absolute Gasteiger partial charge is 0.462 e. The quantitative estimate of drug-likeness (QED) is 0.307. The summed E-state index contributed by atoms with van der Waals surface area (Å²) in [6, 6.07) is 6.75. The minimum absolute atomic E-state index is 0.245. The summed E-state index contributed by atoms with van der Waals surface area (Å²) in [6.07, 6.45) is -10.8. The molecule has 0 unspecified atom stereocenters. The average molecular weight is 414 g/mol. The first-order valence-electron chi connectivity index (χ1n) is 9.18. The summed E-state index contributed by atoms with van der Waals surface area (Å²) in [7, 11) is 0. The van der Waals surface area contributed by atoms with E-state index in [1.54, 1.807) is 30.3 Å². The van der Waals surface area contributed by atoms with Crippen LogP contribution in [-0.4, -0.2) is 99.2 Å². The minimum Gasteiger partial charge on any atom is -0.462 e. The zero-order valence-corrected chi connectivity index (χ0v) is 15.5. The molecule has 2 saturated heterocycles. The highest BCUT2D eigenvalue weighted by molar-refractivity contribution is 5.48. The van der Waals surface area contributed by atoms with E-state index in [-0.39, 0.29) is 13.2 Å². The molecule has 3 rings (SSSR count). The molecular weight excluding hydrogens is 388 g/mol. The van der Waals surface area contributed by atoms with Gasteiger partial charge in [-0.05, 0) is 17.7 Å². The molecule has 0 radical (unpaired) electrons. The van der Waals surface area contributed by atoms with E-state index in [1.165, 1.54) is 0 Å². The molecule has 1 aromatic carbocycles. The van der Waals surface area contributed by atoms with Crippen molar-refractivity contribution in [1.29, 1.82) is 0 Å². The van der Waals surface area contributed by atoms with Gasteiger partial charge in [-0.1, -0.05) is 24.8 Å². The molecule has 0 amide bonds. The lowest BCUT2D eigenvalue weighted by atomic mass is 9.99. The standard InChI is InChI=1S/C19H26O10/c1-2-9-3-5-10(6-4-9)28-19-17(25)15(23)14(22)12(29-19)8-27-18-16(24)13(21)11(20)7-26-18/h2-6,11-25H,1,7-8H2/t11-,12+,13-,14+,15-,16+,17+,18-,19+/m0/s1. The van der Waals surface area contributed by atoms with Gasteiger partial charge in [0.25, 0.3) is 0 Å². The zero-order valence-electron chi connectivity index (χ0n) is 15.5. The summed E-state index contributed by atoms with van der Waals surface area (Å²) in [6.45, 7) is 3.06. The van der Waals surface area contributed by atoms with Gasteiger partial charge in [0.15, 0.2) is 6.29 Å². The molecule has 0 aliphatic carbocycles. The second-order valence-electron chi connectivity index (χ2n) is 6.99. The summed E-state index contributed by atoms with van der Waals surface area (Å²) >= 11 is 0. The number of rotatable bonds is 6. The van der Waals surface area contributed by atoms with E-state index >= 15 is 0 Å². The van der Waals surface area contributed by atoms with Gasteiger partial charge in [-0.25, -0.2) is 0 Å². The van der Waals surface area contributed by atoms with E-state index in [1.807, 2.05) is 0 Å². The van der Waals surface area contributed by atoms with Crippen LogP contribution in [0.4, 0.5) is 0 Å². The first-order valence-corrected chi connectivity index (χ1v) is 9.18.